The van der Waals surface area contributed by atoms with Crippen LogP contribution in [0.25, 0.3) is 0 Å². The van der Waals surface area contributed by atoms with Crippen LogP contribution in [0.2, 0.25) is 0 Å². The standard InChI is InChI=1S/C23H38O3/c1-4-11-20(12-5-2)19-21-14-16-22(17-15-21)26-18-10-8-7-9-13-23(24)25-6-3/h14-17,20H,4-13,18-19H2,1-3H3. The van der Waals surface area contributed by atoms with E-state index in [9.17, 15) is 4.79 Å². The maximum atomic E-state index is 11.2. The fourth-order valence-corrected chi connectivity index (χ4v) is 3.37. The van der Waals surface area contributed by atoms with E-state index in [0.717, 1.165) is 44.0 Å². The monoisotopic (exact) mass is 362 g/mol. The largest absolute Gasteiger partial charge is 0.494 e. The maximum absolute atomic E-state index is 11.2. The van der Waals surface area contributed by atoms with Gasteiger partial charge in [-0.15, -0.1) is 0 Å². The molecule has 0 atom stereocenters. The highest BCUT2D eigenvalue weighted by Crippen LogP contribution is 2.21. The van der Waals surface area contributed by atoms with Crippen molar-refractivity contribution >= 4 is 5.97 Å². The summed E-state index contributed by atoms with van der Waals surface area (Å²) in [5, 5.41) is 0. The van der Waals surface area contributed by atoms with Crippen molar-refractivity contribution < 1.29 is 14.3 Å². The van der Waals surface area contributed by atoms with Gasteiger partial charge in [-0.3, -0.25) is 4.79 Å². The van der Waals surface area contributed by atoms with E-state index < -0.39 is 0 Å². The maximum Gasteiger partial charge on any atom is 0.305 e. The molecule has 0 unspecified atom stereocenters. The van der Waals surface area contributed by atoms with E-state index in [1.165, 1.54) is 37.7 Å². The predicted octanol–water partition coefficient (Wildman–Crippen LogP) is 6.34. The molecule has 0 aliphatic heterocycles. The molecule has 1 rings (SSSR count). The van der Waals surface area contributed by atoms with Gasteiger partial charge in [0.25, 0.3) is 0 Å². The van der Waals surface area contributed by atoms with Gasteiger partial charge in [-0.05, 0) is 49.8 Å². The van der Waals surface area contributed by atoms with Gasteiger partial charge in [-0.2, -0.15) is 0 Å². The van der Waals surface area contributed by atoms with Crippen molar-refractivity contribution in [2.45, 2.75) is 85.0 Å². The summed E-state index contributed by atoms with van der Waals surface area (Å²) in [7, 11) is 0. The summed E-state index contributed by atoms with van der Waals surface area (Å²) in [6, 6.07) is 8.63. The highest BCUT2D eigenvalue weighted by atomic mass is 16.5. The van der Waals surface area contributed by atoms with Crippen molar-refractivity contribution in [2.75, 3.05) is 13.2 Å². The van der Waals surface area contributed by atoms with E-state index >= 15 is 0 Å². The second-order valence-electron chi connectivity index (χ2n) is 7.11. The molecular weight excluding hydrogens is 324 g/mol. The highest BCUT2D eigenvalue weighted by molar-refractivity contribution is 5.69. The first kappa shape index (κ1) is 22.5. The van der Waals surface area contributed by atoms with Gasteiger partial charge in [0.05, 0.1) is 13.2 Å². The fourth-order valence-electron chi connectivity index (χ4n) is 3.37. The Morgan fingerprint density at radius 2 is 1.58 bits per heavy atom. The van der Waals surface area contributed by atoms with Crippen LogP contribution in [0.4, 0.5) is 0 Å². The molecule has 0 aromatic heterocycles. The molecule has 0 bridgehead atoms. The van der Waals surface area contributed by atoms with Crippen LogP contribution in [-0.4, -0.2) is 19.2 Å². The molecule has 0 saturated heterocycles. The molecule has 0 heterocycles. The lowest BCUT2D eigenvalue weighted by atomic mass is 9.91. The van der Waals surface area contributed by atoms with Crippen molar-refractivity contribution in [2.24, 2.45) is 5.92 Å². The molecule has 148 valence electrons. The van der Waals surface area contributed by atoms with Crippen LogP contribution in [0.5, 0.6) is 5.75 Å². The van der Waals surface area contributed by atoms with E-state index in [1.54, 1.807) is 0 Å². The average Bonchev–Trinajstić information content (AvgIpc) is 2.63. The van der Waals surface area contributed by atoms with Crippen molar-refractivity contribution in [3.8, 4) is 5.75 Å². The topological polar surface area (TPSA) is 35.5 Å². The lowest BCUT2D eigenvalue weighted by molar-refractivity contribution is -0.143. The number of benzene rings is 1. The van der Waals surface area contributed by atoms with E-state index in [-0.39, 0.29) is 5.97 Å². The molecule has 3 nitrogen and oxygen atoms in total. The van der Waals surface area contributed by atoms with Crippen molar-refractivity contribution in [3.63, 3.8) is 0 Å². The third kappa shape index (κ3) is 10.5. The zero-order valence-corrected chi connectivity index (χ0v) is 17.1. The number of carbonyl (C=O) groups is 1. The van der Waals surface area contributed by atoms with Crippen LogP contribution in [0.1, 0.15) is 84.1 Å². The minimum Gasteiger partial charge on any atom is -0.494 e. The molecule has 0 fully saturated rings. The van der Waals surface area contributed by atoms with E-state index in [4.69, 9.17) is 9.47 Å². The minimum atomic E-state index is -0.0797. The smallest absolute Gasteiger partial charge is 0.305 e. The Balaban J connectivity index is 2.17. The van der Waals surface area contributed by atoms with Crippen molar-refractivity contribution in [3.05, 3.63) is 29.8 Å². The molecular formula is C23H38O3. The third-order valence-electron chi connectivity index (χ3n) is 4.69. The van der Waals surface area contributed by atoms with Crippen LogP contribution in [0.15, 0.2) is 24.3 Å². The number of carbonyl (C=O) groups excluding carboxylic acids is 1. The number of hydrogen-bond donors (Lipinski definition) is 0. The molecule has 0 saturated carbocycles. The zero-order chi connectivity index (χ0) is 19.0. The Kier molecular flexibility index (Phi) is 12.7. The van der Waals surface area contributed by atoms with Crippen LogP contribution in [0.3, 0.4) is 0 Å². The molecule has 0 aliphatic rings. The van der Waals surface area contributed by atoms with Gasteiger partial charge in [0.1, 0.15) is 5.75 Å². The van der Waals surface area contributed by atoms with Crippen LogP contribution < -0.4 is 4.74 Å². The Bertz CT molecular complexity index is 461. The van der Waals surface area contributed by atoms with Gasteiger partial charge < -0.3 is 9.47 Å². The minimum absolute atomic E-state index is 0.0797. The Hall–Kier alpha value is -1.51. The van der Waals surface area contributed by atoms with Crippen LogP contribution in [0, 0.1) is 5.92 Å². The van der Waals surface area contributed by atoms with Gasteiger partial charge in [-0.25, -0.2) is 0 Å². The highest BCUT2D eigenvalue weighted by Gasteiger charge is 2.08. The first-order valence-corrected chi connectivity index (χ1v) is 10.6. The number of hydrogen-bond acceptors (Lipinski definition) is 3. The molecule has 26 heavy (non-hydrogen) atoms. The summed E-state index contributed by atoms with van der Waals surface area (Å²) >= 11 is 0. The molecule has 0 radical (unpaired) electrons. The molecule has 1 aromatic carbocycles. The molecule has 0 amide bonds. The summed E-state index contributed by atoms with van der Waals surface area (Å²) in [5.74, 6) is 1.69. The Labute approximate surface area is 160 Å². The Morgan fingerprint density at radius 1 is 0.923 bits per heavy atom. The lowest BCUT2D eigenvalue weighted by Gasteiger charge is -2.15. The third-order valence-corrected chi connectivity index (χ3v) is 4.69. The SMILES string of the molecule is CCCC(CCC)Cc1ccc(OCCCCCCC(=O)OCC)cc1. The number of rotatable bonds is 15. The number of ether oxygens (including phenoxy) is 2. The average molecular weight is 363 g/mol. The van der Waals surface area contributed by atoms with Gasteiger partial charge in [-0.1, -0.05) is 64.5 Å². The number of unbranched alkanes of at least 4 members (excludes halogenated alkanes) is 3. The fraction of sp³-hybridized carbons (Fsp3) is 0.696. The zero-order valence-electron chi connectivity index (χ0n) is 17.1. The molecule has 0 spiro atoms. The second-order valence-corrected chi connectivity index (χ2v) is 7.11. The van der Waals surface area contributed by atoms with Gasteiger partial charge in [0, 0.05) is 6.42 Å². The normalized spacial score (nSPS) is 10.9. The van der Waals surface area contributed by atoms with Gasteiger partial charge >= 0.3 is 5.97 Å². The first-order valence-electron chi connectivity index (χ1n) is 10.6. The van der Waals surface area contributed by atoms with Crippen LogP contribution in [-0.2, 0) is 16.0 Å². The first-order chi connectivity index (χ1) is 12.7. The van der Waals surface area contributed by atoms with Crippen LogP contribution >= 0.6 is 0 Å². The van der Waals surface area contributed by atoms with Gasteiger partial charge in [0.2, 0.25) is 0 Å². The lowest BCUT2D eigenvalue weighted by Crippen LogP contribution is -2.04. The number of esters is 1. The summed E-state index contributed by atoms with van der Waals surface area (Å²) in [4.78, 5) is 11.2. The summed E-state index contributed by atoms with van der Waals surface area (Å²) in [6.45, 7) is 7.61. The van der Waals surface area contributed by atoms with E-state index in [1.807, 2.05) is 6.92 Å². The predicted molar refractivity (Wildman–Crippen MR) is 109 cm³/mol. The Morgan fingerprint density at radius 3 is 2.19 bits per heavy atom. The van der Waals surface area contributed by atoms with E-state index in [0.29, 0.717) is 13.0 Å². The summed E-state index contributed by atoms with van der Waals surface area (Å²) in [5.41, 5.74) is 1.42. The van der Waals surface area contributed by atoms with E-state index in [2.05, 4.69) is 38.1 Å². The summed E-state index contributed by atoms with van der Waals surface area (Å²) < 4.78 is 10.8. The second kappa shape index (κ2) is 14.6. The summed E-state index contributed by atoms with van der Waals surface area (Å²) in [6.07, 6.45) is 11.0. The quantitative estimate of drug-likeness (QED) is 0.270. The van der Waals surface area contributed by atoms with Crippen molar-refractivity contribution in [1.29, 1.82) is 0 Å². The molecule has 0 aliphatic carbocycles. The molecule has 0 N–H and O–H groups in total. The van der Waals surface area contributed by atoms with Crippen molar-refractivity contribution in [1.82, 2.24) is 0 Å². The molecule has 1 aromatic rings. The molecule has 3 heteroatoms. The van der Waals surface area contributed by atoms with Gasteiger partial charge in [0.15, 0.2) is 0 Å².